The SMILES string of the molecule is CC(C)Cc1ccc(C(=O)CC(=O)c2ccn(C)n2)cc1. The summed E-state index contributed by atoms with van der Waals surface area (Å²) in [5, 5.41) is 4.02. The number of rotatable bonds is 6. The molecule has 2 rings (SSSR count). The first kappa shape index (κ1) is 15.2. The molecule has 21 heavy (non-hydrogen) atoms. The van der Waals surface area contributed by atoms with Crippen molar-refractivity contribution in [1.82, 2.24) is 9.78 Å². The van der Waals surface area contributed by atoms with Crippen LogP contribution >= 0.6 is 0 Å². The number of carbonyl (C=O) groups is 2. The minimum Gasteiger partial charge on any atom is -0.294 e. The van der Waals surface area contributed by atoms with Crippen LogP contribution in [0.1, 0.15) is 46.7 Å². The Morgan fingerprint density at radius 2 is 1.76 bits per heavy atom. The van der Waals surface area contributed by atoms with Crippen molar-refractivity contribution in [3.63, 3.8) is 0 Å². The molecule has 0 unspecified atom stereocenters. The zero-order valence-electron chi connectivity index (χ0n) is 12.7. The van der Waals surface area contributed by atoms with Gasteiger partial charge < -0.3 is 0 Å². The highest BCUT2D eigenvalue weighted by Gasteiger charge is 2.15. The molecule has 0 aliphatic carbocycles. The first-order valence-electron chi connectivity index (χ1n) is 7.10. The Bertz CT molecular complexity index is 639. The lowest BCUT2D eigenvalue weighted by molar-refractivity contribution is 0.0891. The summed E-state index contributed by atoms with van der Waals surface area (Å²) in [7, 11) is 1.74. The molecule has 0 saturated heterocycles. The Balaban J connectivity index is 2.01. The Kier molecular flexibility index (Phi) is 4.68. The highest BCUT2D eigenvalue weighted by molar-refractivity contribution is 6.12. The van der Waals surface area contributed by atoms with E-state index in [4.69, 9.17) is 0 Å². The van der Waals surface area contributed by atoms with Crippen LogP contribution < -0.4 is 0 Å². The smallest absolute Gasteiger partial charge is 0.190 e. The lowest BCUT2D eigenvalue weighted by Crippen LogP contribution is -2.09. The number of ketones is 2. The largest absolute Gasteiger partial charge is 0.294 e. The number of hydrogen-bond donors (Lipinski definition) is 0. The molecule has 4 heteroatoms. The van der Waals surface area contributed by atoms with Gasteiger partial charge in [0.05, 0.1) is 6.42 Å². The van der Waals surface area contributed by atoms with Crippen LogP contribution in [0.3, 0.4) is 0 Å². The van der Waals surface area contributed by atoms with E-state index in [0.717, 1.165) is 6.42 Å². The van der Waals surface area contributed by atoms with E-state index in [-0.39, 0.29) is 18.0 Å². The molecule has 0 aliphatic heterocycles. The minimum absolute atomic E-state index is 0.138. The Labute approximate surface area is 124 Å². The highest BCUT2D eigenvalue weighted by Crippen LogP contribution is 2.12. The van der Waals surface area contributed by atoms with Gasteiger partial charge >= 0.3 is 0 Å². The van der Waals surface area contributed by atoms with Crippen molar-refractivity contribution < 1.29 is 9.59 Å². The maximum atomic E-state index is 12.1. The van der Waals surface area contributed by atoms with Crippen molar-refractivity contribution >= 4 is 11.6 Å². The summed E-state index contributed by atoms with van der Waals surface area (Å²) in [5.74, 6) is 0.172. The van der Waals surface area contributed by atoms with Crippen LogP contribution in [-0.2, 0) is 13.5 Å². The number of aromatic nitrogens is 2. The molecule has 1 aromatic carbocycles. The number of Topliss-reactive ketones (excluding diaryl/α,β-unsaturated/α-hetero) is 2. The molecule has 0 saturated carbocycles. The van der Waals surface area contributed by atoms with Crippen LogP contribution in [0.2, 0.25) is 0 Å². The standard InChI is InChI=1S/C17H20N2O2/c1-12(2)10-13-4-6-14(7-5-13)16(20)11-17(21)15-8-9-19(3)18-15/h4-9,12H,10-11H2,1-3H3. The fourth-order valence-corrected chi connectivity index (χ4v) is 2.20. The third kappa shape index (κ3) is 4.12. The fourth-order valence-electron chi connectivity index (χ4n) is 2.20. The van der Waals surface area contributed by atoms with E-state index < -0.39 is 0 Å². The van der Waals surface area contributed by atoms with Gasteiger partial charge in [0.1, 0.15) is 5.69 Å². The van der Waals surface area contributed by atoms with E-state index in [0.29, 0.717) is 17.2 Å². The third-order valence-electron chi connectivity index (χ3n) is 3.24. The van der Waals surface area contributed by atoms with Crippen LogP contribution in [0.4, 0.5) is 0 Å². The summed E-state index contributed by atoms with van der Waals surface area (Å²) in [5.41, 5.74) is 2.12. The number of aryl methyl sites for hydroxylation is 1. The van der Waals surface area contributed by atoms with Crippen molar-refractivity contribution in [3.8, 4) is 0 Å². The van der Waals surface area contributed by atoms with Gasteiger partial charge in [-0.3, -0.25) is 14.3 Å². The normalized spacial score (nSPS) is 10.9. The average Bonchev–Trinajstić information content (AvgIpc) is 2.85. The van der Waals surface area contributed by atoms with Crippen LogP contribution in [0.15, 0.2) is 36.5 Å². The average molecular weight is 284 g/mol. The number of carbonyl (C=O) groups excluding carboxylic acids is 2. The molecule has 2 aromatic rings. The number of nitrogens with zero attached hydrogens (tertiary/aromatic N) is 2. The lowest BCUT2D eigenvalue weighted by Gasteiger charge is -2.05. The van der Waals surface area contributed by atoms with Crippen LogP contribution in [-0.4, -0.2) is 21.3 Å². The van der Waals surface area contributed by atoms with Crippen LogP contribution in [0.25, 0.3) is 0 Å². The molecule has 1 aromatic heterocycles. The maximum Gasteiger partial charge on any atom is 0.190 e. The van der Waals surface area contributed by atoms with Gasteiger partial charge in [-0.05, 0) is 24.0 Å². The molecule has 1 heterocycles. The van der Waals surface area contributed by atoms with Gasteiger partial charge in [-0.25, -0.2) is 0 Å². The summed E-state index contributed by atoms with van der Waals surface area (Å²) in [4.78, 5) is 24.1. The quantitative estimate of drug-likeness (QED) is 0.605. The molecule has 110 valence electrons. The molecule has 0 aliphatic rings. The van der Waals surface area contributed by atoms with Gasteiger partial charge in [0.15, 0.2) is 11.6 Å². The van der Waals surface area contributed by atoms with E-state index in [1.54, 1.807) is 36.1 Å². The van der Waals surface area contributed by atoms with Crippen LogP contribution in [0, 0.1) is 5.92 Å². The Hall–Kier alpha value is -2.23. The highest BCUT2D eigenvalue weighted by atomic mass is 16.1. The van der Waals surface area contributed by atoms with E-state index in [9.17, 15) is 9.59 Å². The Morgan fingerprint density at radius 1 is 1.10 bits per heavy atom. The first-order valence-corrected chi connectivity index (χ1v) is 7.10. The first-order chi connectivity index (χ1) is 9.95. The van der Waals surface area contributed by atoms with Crippen molar-refractivity contribution in [2.45, 2.75) is 26.7 Å². The molecule has 4 nitrogen and oxygen atoms in total. The van der Waals surface area contributed by atoms with Crippen LogP contribution in [0.5, 0.6) is 0 Å². The van der Waals surface area contributed by atoms with Gasteiger partial charge in [0.25, 0.3) is 0 Å². The van der Waals surface area contributed by atoms with Gasteiger partial charge in [-0.15, -0.1) is 0 Å². The summed E-state index contributed by atoms with van der Waals surface area (Å²) in [6.45, 7) is 4.31. The predicted molar refractivity (Wildman–Crippen MR) is 81.5 cm³/mol. The predicted octanol–water partition coefficient (Wildman–Crippen LogP) is 3.07. The molecule has 0 N–H and O–H groups in total. The number of hydrogen-bond acceptors (Lipinski definition) is 3. The fraction of sp³-hybridized carbons (Fsp3) is 0.353. The molecule has 0 amide bonds. The summed E-state index contributed by atoms with van der Waals surface area (Å²) < 4.78 is 1.55. The molecule has 0 fully saturated rings. The topological polar surface area (TPSA) is 52.0 Å². The van der Waals surface area contributed by atoms with Gasteiger partial charge in [-0.2, -0.15) is 5.10 Å². The molecular weight excluding hydrogens is 264 g/mol. The molecular formula is C17H20N2O2. The van der Waals surface area contributed by atoms with Crippen molar-refractivity contribution in [2.24, 2.45) is 13.0 Å². The van der Waals surface area contributed by atoms with Gasteiger partial charge in [-0.1, -0.05) is 38.1 Å². The summed E-state index contributed by atoms with van der Waals surface area (Å²) in [6.07, 6.45) is 2.54. The van der Waals surface area contributed by atoms with Gasteiger partial charge in [0.2, 0.25) is 0 Å². The zero-order valence-corrected chi connectivity index (χ0v) is 12.7. The molecule has 0 radical (unpaired) electrons. The summed E-state index contributed by atoms with van der Waals surface area (Å²) in [6, 6.07) is 9.13. The van der Waals surface area contributed by atoms with E-state index >= 15 is 0 Å². The van der Waals surface area contributed by atoms with E-state index in [1.807, 2.05) is 12.1 Å². The van der Waals surface area contributed by atoms with Gasteiger partial charge in [0, 0.05) is 18.8 Å². The lowest BCUT2D eigenvalue weighted by atomic mass is 9.99. The van der Waals surface area contributed by atoms with Crippen molar-refractivity contribution in [2.75, 3.05) is 0 Å². The third-order valence-corrected chi connectivity index (χ3v) is 3.24. The monoisotopic (exact) mass is 284 g/mol. The van der Waals surface area contributed by atoms with Crippen molar-refractivity contribution in [3.05, 3.63) is 53.3 Å². The molecule has 0 spiro atoms. The Morgan fingerprint density at radius 3 is 2.29 bits per heavy atom. The summed E-state index contributed by atoms with van der Waals surface area (Å²) >= 11 is 0. The second kappa shape index (κ2) is 6.48. The van der Waals surface area contributed by atoms with Crippen molar-refractivity contribution in [1.29, 1.82) is 0 Å². The molecule has 0 bridgehead atoms. The minimum atomic E-state index is -0.244. The maximum absolute atomic E-state index is 12.1. The second-order valence-electron chi connectivity index (χ2n) is 5.69. The zero-order chi connectivity index (χ0) is 15.4. The van der Waals surface area contributed by atoms with E-state index in [1.165, 1.54) is 5.56 Å². The number of benzene rings is 1. The second-order valence-corrected chi connectivity index (χ2v) is 5.69. The molecule has 0 atom stereocenters. The van der Waals surface area contributed by atoms with E-state index in [2.05, 4.69) is 18.9 Å².